The molecule has 0 N–H and O–H groups in total. The first-order valence-corrected chi connectivity index (χ1v) is 9.12. The van der Waals surface area contributed by atoms with Crippen molar-refractivity contribution in [3.63, 3.8) is 0 Å². The molecule has 0 unspecified atom stereocenters. The van der Waals surface area contributed by atoms with Gasteiger partial charge in [0.1, 0.15) is 5.75 Å². The van der Waals surface area contributed by atoms with Crippen LogP contribution >= 0.6 is 0 Å². The highest BCUT2D eigenvalue weighted by Gasteiger charge is 2.38. The Labute approximate surface area is 157 Å². The summed E-state index contributed by atoms with van der Waals surface area (Å²) in [6.07, 6.45) is 4.60. The van der Waals surface area contributed by atoms with Gasteiger partial charge in [-0.2, -0.15) is 0 Å². The monoisotopic (exact) mass is 361 g/mol. The maximum absolute atomic E-state index is 12.3. The van der Waals surface area contributed by atoms with E-state index in [1.54, 1.807) is 24.3 Å². The van der Waals surface area contributed by atoms with Crippen LogP contribution < -0.4 is 9.64 Å². The summed E-state index contributed by atoms with van der Waals surface area (Å²) in [6.45, 7) is 9.08. The lowest BCUT2D eigenvalue weighted by Gasteiger charge is -2.15. The zero-order valence-electron chi connectivity index (χ0n) is 15.0. The number of amides is 2. The highest BCUT2D eigenvalue weighted by Crippen LogP contribution is 2.46. The van der Waals surface area contributed by atoms with Gasteiger partial charge < -0.3 is 4.74 Å². The average molecular weight is 361 g/mol. The molecule has 1 saturated heterocycles. The Bertz CT molecular complexity index is 942. The molecular formula is C21H19N3O3. The van der Waals surface area contributed by atoms with Crippen molar-refractivity contribution >= 4 is 23.2 Å². The second-order valence-corrected chi connectivity index (χ2v) is 6.94. The fraction of sp³-hybridized carbons (Fsp3) is 0.333. The number of anilines is 1. The van der Waals surface area contributed by atoms with Gasteiger partial charge in [0.2, 0.25) is 17.7 Å². The molecule has 2 aliphatic rings. The smallest absolute Gasteiger partial charge is 0.237 e. The van der Waals surface area contributed by atoms with E-state index in [2.05, 4.69) is 9.83 Å². The van der Waals surface area contributed by atoms with Gasteiger partial charge in [-0.05, 0) is 48.9 Å². The van der Waals surface area contributed by atoms with Crippen LogP contribution in [-0.2, 0) is 9.59 Å². The van der Waals surface area contributed by atoms with Crippen molar-refractivity contribution in [1.82, 2.24) is 4.98 Å². The molecule has 0 radical (unpaired) electrons. The Hall–Kier alpha value is -3.20. The predicted molar refractivity (Wildman–Crippen MR) is 99.9 cm³/mol. The third-order valence-corrected chi connectivity index (χ3v) is 5.07. The largest absolute Gasteiger partial charge is 0.439 e. The normalized spacial score (nSPS) is 19.3. The zero-order valence-corrected chi connectivity index (χ0v) is 15.0. The molecule has 4 rings (SSSR count). The van der Waals surface area contributed by atoms with E-state index in [0.29, 0.717) is 35.3 Å². The second-order valence-electron chi connectivity index (χ2n) is 6.94. The number of ether oxygens (including phenoxy) is 1. The topological polar surface area (TPSA) is 63.9 Å². The first kappa shape index (κ1) is 17.2. The van der Waals surface area contributed by atoms with Crippen molar-refractivity contribution in [1.29, 1.82) is 0 Å². The molecule has 6 nitrogen and oxygen atoms in total. The molecule has 2 aromatic rings. The molecule has 1 aliphatic carbocycles. The van der Waals surface area contributed by atoms with Gasteiger partial charge >= 0.3 is 0 Å². The van der Waals surface area contributed by atoms with Crippen molar-refractivity contribution in [2.24, 2.45) is 5.92 Å². The number of nitrogens with zero attached hydrogens (tertiary/aromatic N) is 3. The van der Waals surface area contributed by atoms with Crippen LogP contribution in [0.15, 0.2) is 36.5 Å². The van der Waals surface area contributed by atoms with E-state index in [1.165, 1.54) is 11.1 Å². The quantitative estimate of drug-likeness (QED) is 0.577. The molecule has 1 saturated carbocycles. The molecule has 0 spiro atoms. The van der Waals surface area contributed by atoms with Crippen LogP contribution in [0, 0.1) is 12.5 Å². The molecule has 2 amide bonds. The summed E-state index contributed by atoms with van der Waals surface area (Å²) in [5, 5.41) is 0. The summed E-state index contributed by atoms with van der Waals surface area (Å²) in [5.74, 6) is 0.936. The lowest BCUT2D eigenvalue weighted by Crippen LogP contribution is -2.30. The lowest BCUT2D eigenvalue weighted by atomic mass is 10.1. The predicted octanol–water partition coefficient (Wildman–Crippen LogP) is 4.59. The summed E-state index contributed by atoms with van der Waals surface area (Å²) in [6, 6.07) is 8.75. The molecule has 136 valence electrons. The SMILES string of the molecule is [C-]#[N+]c1ccc(Oc2ccc(N3C(=O)C[C@H](CC)C3=O)cn2)c(C2CC2)c1. The van der Waals surface area contributed by atoms with Gasteiger partial charge in [-0.25, -0.2) is 14.7 Å². The minimum atomic E-state index is -0.240. The number of hydrogen-bond donors (Lipinski definition) is 0. The maximum Gasteiger partial charge on any atom is 0.237 e. The Morgan fingerprint density at radius 3 is 2.67 bits per heavy atom. The molecule has 2 fully saturated rings. The highest BCUT2D eigenvalue weighted by molar-refractivity contribution is 6.20. The average Bonchev–Trinajstić information content (AvgIpc) is 3.48. The number of benzene rings is 1. The molecule has 1 aromatic heterocycles. The fourth-order valence-electron chi connectivity index (χ4n) is 3.37. The Morgan fingerprint density at radius 2 is 2.07 bits per heavy atom. The first-order chi connectivity index (χ1) is 13.1. The summed E-state index contributed by atoms with van der Waals surface area (Å²) in [7, 11) is 0. The van der Waals surface area contributed by atoms with E-state index < -0.39 is 0 Å². The van der Waals surface area contributed by atoms with Gasteiger partial charge in [-0.15, -0.1) is 0 Å². The van der Waals surface area contributed by atoms with E-state index in [4.69, 9.17) is 11.3 Å². The van der Waals surface area contributed by atoms with Crippen LogP contribution in [0.2, 0.25) is 0 Å². The lowest BCUT2D eigenvalue weighted by molar-refractivity contribution is -0.122. The van der Waals surface area contributed by atoms with E-state index in [9.17, 15) is 9.59 Å². The molecule has 1 aliphatic heterocycles. The molecule has 1 atom stereocenters. The van der Waals surface area contributed by atoms with Crippen LogP contribution in [0.25, 0.3) is 4.85 Å². The summed E-state index contributed by atoms with van der Waals surface area (Å²) in [5.41, 5.74) is 2.10. The molecule has 2 heterocycles. The Kier molecular flexibility index (Phi) is 4.36. The molecule has 6 heteroatoms. The molecular weight excluding hydrogens is 342 g/mol. The van der Waals surface area contributed by atoms with Crippen LogP contribution in [0.3, 0.4) is 0 Å². The van der Waals surface area contributed by atoms with Crippen molar-refractivity contribution in [3.8, 4) is 11.6 Å². The minimum Gasteiger partial charge on any atom is -0.439 e. The van der Waals surface area contributed by atoms with E-state index in [1.807, 2.05) is 13.0 Å². The van der Waals surface area contributed by atoms with E-state index in [-0.39, 0.29) is 24.2 Å². The zero-order chi connectivity index (χ0) is 19.0. The number of carbonyl (C=O) groups excluding carboxylic acids is 2. The molecule has 1 aromatic carbocycles. The van der Waals surface area contributed by atoms with E-state index >= 15 is 0 Å². The van der Waals surface area contributed by atoms with Gasteiger partial charge in [-0.3, -0.25) is 9.59 Å². The van der Waals surface area contributed by atoms with Crippen molar-refractivity contribution in [2.75, 3.05) is 4.90 Å². The number of hydrogen-bond acceptors (Lipinski definition) is 4. The first-order valence-electron chi connectivity index (χ1n) is 9.12. The standard InChI is InChI=1S/C21H19N3O3/c1-3-13-10-20(25)24(21(13)26)16-7-9-19(23-12-16)27-18-8-6-15(22-2)11-17(18)14-4-5-14/h6-9,11-14H,3-5,10H2,1H3/t13-/m0/s1. The number of rotatable bonds is 5. The van der Waals surface area contributed by atoms with Crippen LogP contribution in [-0.4, -0.2) is 16.8 Å². The number of imide groups is 1. The number of aromatic nitrogens is 1. The van der Waals surface area contributed by atoms with Gasteiger partial charge in [0.25, 0.3) is 0 Å². The van der Waals surface area contributed by atoms with Crippen LogP contribution in [0.4, 0.5) is 11.4 Å². The fourth-order valence-corrected chi connectivity index (χ4v) is 3.37. The third-order valence-electron chi connectivity index (χ3n) is 5.07. The van der Waals surface area contributed by atoms with Crippen molar-refractivity contribution in [2.45, 2.75) is 38.5 Å². The Morgan fingerprint density at radius 1 is 1.26 bits per heavy atom. The third kappa shape index (κ3) is 3.28. The summed E-state index contributed by atoms with van der Waals surface area (Å²) >= 11 is 0. The van der Waals surface area contributed by atoms with Crippen molar-refractivity contribution in [3.05, 3.63) is 53.5 Å². The van der Waals surface area contributed by atoms with Gasteiger partial charge in [0.05, 0.1) is 18.5 Å². The van der Waals surface area contributed by atoms with E-state index in [0.717, 1.165) is 18.4 Å². The van der Waals surface area contributed by atoms with Crippen molar-refractivity contribution < 1.29 is 14.3 Å². The number of carbonyl (C=O) groups is 2. The summed E-state index contributed by atoms with van der Waals surface area (Å²) in [4.78, 5) is 33.4. The molecule has 27 heavy (non-hydrogen) atoms. The summed E-state index contributed by atoms with van der Waals surface area (Å²) < 4.78 is 5.92. The maximum atomic E-state index is 12.3. The van der Waals surface area contributed by atoms with Crippen LogP contribution in [0.5, 0.6) is 11.6 Å². The molecule has 0 bridgehead atoms. The van der Waals surface area contributed by atoms with Crippen LogP contribution in [0.1, 0.15) is 44.1 Å². The second kappa shape index (κ2) is 6.84. The highest BCUT2D eigenvalue weighted by atomic mass is 16.5. The minimum absolute atomic E-state index is 0.163. The van der Waals surface area contributed by atoms with Gasteiger partial charge in [0.15, 0.2) is 5.69 Å². The number of pyridine rings is 1. The Balaban J connectivity index is 1.55. The van der Waals surface area contributed by atoms with Gasteiger partial charge in [0, 0.05) is 18.4 Å². The van der Waals surface area contributed by atoms with Gasteiger partial charge in [-0.1, -0.05) is 13.0 Å².